The Hall–Kier alpha value is -3.80. The lowest BCUT2D eigenvalue weighted by Crippen LogP contribution is -2.28. The summed E-state index contributed by atoms with van der Waals surface area (Å²) in [6, 6.07) is 23.6. The smallest absolute Gasteiger partial charge is 0.251 e. The van der Waals surface area contributed by atoms with Crippen LogP contribution in [-0.4, -0.2) is 32.0 Å². The summed E-state index contributed by atoms with van der Waals surface area (Å²) in [4.78, 5) is 25.6. The van der Waals surface area contributed by atoms with Gasteiger partial charge in [0.15, 0.2) is 0 Å². The SMILES string of the molecule is CN(CCCNC(=O)c1ccc(Oc2ccc(C(N)=O)cc2)cc1)c1ccccc1. The van der Waals surface area contributed by atoms with Crippen molar-refractivity contribution >= 4 is 17.5 Å². The van der Waals surface area contributed by atoms with Crippen LogP contribution in [0.3, 0.4) is 0 Å². The standard InChI is InChI=1S/C24H25N3O3/c1-27(20-6-3-2-4-7-20)17-5-16-26-24(29)19-10-14-22(15-11-19)30-21-12-8-18(9-13-21)23(25)28/h2-4,6-15H,5,16-17H2,1H3,(H2,25,28)(H,26,29). The number of hydrogen-bond donors (Lipinski definition) is 2. The van der Waals surface area contributed by atoms with E-state index in [0.29, 0.717) is 29.2 Å². The summed E-state index contributed by atoms with van der Waals surface area (Å²) < 4.78 is 5.73. The maximum absolute atomic E-state index is 12.3. The first-order valence-electron chi connectivity index (χ1n) is 9.75. The molecule has 0 unspecified atom stereocenters. The summed E-state index contributed by atoms with van der Waals surface area (Å²) in [6.45, 7) is 1.45. The summed E-state index contributed by atoms with van der Waals surface area (Å²) in [5.74, 6) is 0.584. The van der Waals surface area contributed by atoms with E-state index in [9.17, 15) is 9.59 Å². The van der Waals surface area contributed by atoms with Gasteiger partial charge in [-0.15, -0.1) is 0 Å². The van der Waals surface area contributed by atoms with Gasteiger partial charge in [-0.25, -0.2) is 0 Å². The van der Waals surface area contributed by atoms with Crippen LogP contribution in [0.4, 0.5) is 5.69 Å². The molecule has 3 rings (SSSR count). The molecule has 30 heavy (non-hydrogen) atoms. The Bertz CT molecular complexity index is 971. The third-order valence-corrected chi connectivity index (χ3v) is 4.64. The number of benzene rings is 3. The Balaban J connectivity index is 1.44. The normalized spacial score (nSPS) is 10.3. The number of amides is 2. The van der Waals surface area contributed by atoms with Crippen molar-refractivity contribution < 1.29 is 14.3 Å². The quantitative estimate of drug-likeness (QED) is 0.532. The van der Waals surface area contributed by atoms with Crippen LogP contribution in [-0.2, 0) is 0 Å². The Morgan fingerprint density at radius 1 is 0.867 bits per heavy atom. The lowest BCUT2D eigenvalue weighted by atomic mass is 10.2. The summed E-state index contributed by atoms with van der Waals surface area (Å²) in [5, 5.41) is 2.94. The van der Waals surface area contributed by atoms with Crippen molar-refractivity contribution in [2.75, 3.05) is 25.0 Å². The first kappa shape index (κ1) is 20.9. The van der Waals surface area contributed by atoms with Crippen LogP contribution in [0.1, 0.15) is 27.1 Å². The Morgan fingerprint density at radius 3 is 2.00 bits per heavy atom. The summed E-state index contributed by atoms with van der Waals surface area (Å²) in [6.07, 6.45) is 0.847. The number of nitrogens with two attached hydrogens (primary N) is 1. The van der Waals surface area contributed by atoms with E-state index in [0.717, 1.165) is 18.7 Å². The monoisotopic (exact) mass is 403 g/mol. The molecule has 0 saturated heterocycles. The number of nitrogens with zero attached hydrogens (tertiary/aromatic N) is 1. The van der Waals surface area contributed by atoms with Crippen molar-refractivity contribution in [2.24, 2.45) is 5.73 Å². The van der Waals surface area contributed by atoms with Gasteiger partial charge in [0.05, 0.1) is 0 Å². The number of carbonyl (C=O) groups excluding carboxylic acids is 2. The number of ether oxygens (including phenoxy) is 1. The van der Waals surface area contributed by atoms with Gasteiger partial charge in [-0.1, -0.05) is 18.2 Å². The van der Waals surface area contributed by atoms with Gasteiger partial charge in [0.1, 0.15) is 11.5 Å². The van der Waals surface area contributed by atoms with Gasteiger partial charge in [0.2, 0.25) is 5.91 Å². The Labute approximate surface area is 176 Å². The van der Waals surface area contributed by atoms with Crippen LogP contribution in [0.5, 0.6) is 11.5 Å². The summed E-state index contributed by atoms with van der Waals surface area (Å²) in [5.41, 5.74) is 7.38. The highest BCUT2D eigenvalue weighted by Gasteiger charge is 2.07. The number of carbonyl (C=O) groups is 2. The third-order valence-electron chi connectivity index (χ3n) is 4.64. The molecule has 0 aromatic heterocycles. The van der Waals surface area contributed by atoms with E-state index >= 15 is 0 Å². The molecule has 0 saturated carbocycles. The maximum atomic E-state index is 12.3. The molecule has 0 bridgehead atoms. The molecule has 0 aliphatic heterocycles. The fourth-order valence-corrected chi connectivity index (χ4v) is 2.93. The van der Waals surface area contributed by atoms with Crippen LogP contribution in [0.25, 0.3) is 0 Å². The first-order chi connectivity index (χ1) is 14.5. The van der Waals surface area contributed by atoms with E-state index in [2.05, 4.69) is 22.3 Å². The van der Waals surface area contributed by atoms with Crippen molar-refractivity contribution in [3.05, 3.63) is 90.0 Å². The molecule has 3 N–H and O–H groups in total. The van der Waals surface area contributed by atoms with Gasteiger partial charge < -0.3 is 20.7 Å². The topological polar surface area (TPSA) is 84.7 Å². The number of para-hydroxylation sites is 1. The molecule has 0 radical (unpaired) electrons. The zero-order chi connectivity index (χ0) is 21.3. The molecule has 0 fully saturated rings. The minimum atomic E-state index is -0.483. The molecule has 0 spiro atoms. The largest absolute Gasteiger partial charge is 0.457 e. The molecule has 0 heterocycles. The van der Waals surface area contributed by atoms with Gasteiger partial charge in [-0.05, 0) is 67.1 Å². The summed E-state index contributed by atoms with van der Waals surface area (Å²) >= 11 is 0. The average molecular weight is 403 g/mol. The molecule has 0 atom stereocenters. The lowest BCUT2D eigenvalue weighted by molar-refractivity contribution is 0.0952. The average Bonchev–Trinajstić information content (AvgIpc) is 2.78. The summed E-state index contributed by atoms with van der Waals surface area (Å²) in [7, 11) is 2.04. The number of primary amides is 1. The fourth-order valence-electron chi connectivity index (χ4n) is 2.93. The molecular weight excluding hydrogens is 378 g/mol. The van der Waals surface area contributed by atoms with Crippen molar-refractivity contribution in [3.8, 4) is 11.5 Å². The Kier molecular flexibility index (Phi) is 7.05. The van der Waals surface area contributed by atoms with Crippen molar-refractivity contribution in [1.29, 1.82) is 0 Å². The highest BCUT2D eigenvalue weighted by molar-refractivity contribution is 5.94. The van der Waals surface area contributed by atoms with E-state index in [1.54, 1.807) is 48.5 Å². The Morgan fingerprint density at radius 2 is 1.43 bits per heavy atom. The second kappa shape index (κ2) is 10.1. The number of anilines is 1. The van der Waals surface area contributed by atoms with Crippen LogP contribution in [0.2, 0.25) is 0 Å². The van der Waals surface area contributed by atoms with E-state index in [1.165, 1.54) is 0 Å². The molecular formula is C24H25N3O3. The minimum Gasteiger partial charge on any atom is -0.457 e. The molecule has 0 aliphatic rings. The molecule has 3 aromatic carbocycles. The predicted molar refractivity (Wildman–Crippen MR) is 118 cm³/mol. The maximum Gasteiger partial charge on any atom is 0.251 e. The molecule has 3 aromatic rings. The highest BCUT2D eigenvalue weighted by atomic mass is 16.5. The van der Waals surface area contributed by atoms with Crippen molar-refractivity contribution in [2.45, 2.75) is 6.42 Å². The van der Waals surface area contributed by atoms with Gasteiger partial charge in [0.25, 0.3) is 5.91 Å². The molecule has 2 amide bonds. The molecule has 6 nitrogen and oxygen atoms in total. The van der Waals surface area contributed by atoms with Gasteiger partial charge >= 0.3 is 0 Å². The van der Waals surface area contributed by atoms with Gasteiger partial charge in [0, 0.05) is 37.0 Å². The first-order valence-corrected chi connectivity index (χ1v) is 9.75. The number of rotatable bonds is 9. The van der Waals surface area contributed by atoms with E-state index in [-0.39, 0.29) is 5.91 Å². The highest BCUT2D eigenvalue weighted by Crippen LogP contribution is 2.22. The number of hydrogen-bond acceptors (Lipinski definition) is 4. The van der Waals surface area contributed by atoms with Gasteiger partial charge in [-0.3, -0.25) is 9.59 Å². The van der Waals surface area contributed by atoms with Crippen LogP contribution in [0.15, 0.2) is 78.9 Å². The van der Waals surface area contributed by atoms with Crippen LogP contribution < -0.4 is 20.7 Å². The predicted octanol–water partition coefficient (Wildman–Crippen LogP) is 3.83. The van der Waals surface area contributed by atoms with E-state index < -0.39 is 5.91 Å². The van der Waals surface area contributed by atoms with E-state index in [4.69, 9.17) is 10.5 Å². The molecule has 6 heteroatoms. The zero-order valence-corrected chi connectivity index (χ0v) is 16.9. The van der Waals surface area contributed by atoms with Crippen molar-refractivity contribution in [3.63, 3.8) is 0 Å². The van der Waals surface area contributed by atoms with Crippen LogP contribution >= 0.6 is 0 Å². The molecule has 0 aliphatic carbocycles. The van der Waals surface area contributed by atoms with Crippen LogP contribution in [0, 0.1) is 0 Å². The minimum absolute atomic E-state index is 0.116. The van der Waals surface area contributed by atoms with Gasteiger partial charge in [-0.2, -0.15) is 0 Å². The second-order valence-corrected chi connectivity index (χ2v) is 6.88. The number of nitrogens with one attached hydrogen (secondary N) is 1. The molecule has 154 valence electrons. The second-order valence-electron chi connectivity index (χ2n) is 6.88. The van der Waals surface area contributed by atoms with E-state index in [1.807, 2.05) is 25.2 Å². The zero-order valence-electron chi connectivity index (χ0n) is 16.9. The van der Waals surface area contributed by atoms with Crippen molar-refractivity contribution in [1.82, 2.24) is 5.32 Å². The lowest BCUT2D eigenvalue weighted by Gasteiger charge is -2.19. The third kappa shape index (κ3) is 5.85. The fraction of sp³-hybridized carbons (Fsp3) is 0.167.